The molecule has 0 spiro atoms. The molecule has 0 atom stereocenters. The number of hydrogen-bond acceptors (Lipinski definition) is 5. The van der Waals surface area contributed by atoms with Crippen molar-refractivity contribution >= 4 is 39.6 Å². The van der Waals surface area contributed by atoms with Gasteiger partial charge in [0.1, 0.15) is 11.6 Å². The Balaban J connectivity index is 2.32. The fraction of sp³-hybridized carbons (Fsp3) is 0.150. The number of nitrogens with zero attached hydrogens (tertiary/aromatic N) is 1. The highest BCUT2D eigenvalue weighted by Crippen LogP contribution is 2.34. The average Bonchev–Trinajstić information content (AvgIpc) is 2.67. The largest absolute Gasteiger partial charge is 0.493 e. The number of nitrogens with one attached hydrogen (secondary N) is 1. The van der Waals surface area contributed by atoms with Gasteiger partial charge < -0.3 is 19.9 Å². The summed E-state index contributed by atoms with van der Waals surface area (Å²) in [4.78, 5) is 23.2. The zero-order valence-electron chi connectivity index (χ0n) is 15.2. The Labute approximate surface area is 170 Å². The van der Waals surface area contributed by atoms with E-state index >= 15 is 0 Å². The molecule has 0 aliphatic rings. The lowest BCUT2D eigenvalue weighted by Gasteiger charge is -2.12. The zero-order valence-corrected chi connectivity index (χ0v) is 16.7. The first-order valence-electron chi connectivity index (χ1n) is 8.06. The van der Waals surface area contributed by atoms with E-state index in [0.717, 1.165) is 5.56 Å². The van der Waals surface area contributed by atoms with E-state index in [4.69, 9.17) is 14.6 Å². The molecule has 0 bridgehead atoms. The van der Waals surface area contributed by atoms with E-state index in [1.165, 1.54) is 19.3 Å². The predicted molar refractivity (Wildman–Crippen MR) is 107 cm³/mol. The van der Waals surface area contributed by atoms with Crippen molar-refractivity contribution in [1.29, 1.82) is 5.26 Å². The van der Waals surface area contributed by atoms with Crippen LogP contribution >= 0.6 is 15.9 Å². The van der Waals surface area contributed by atoms with Crippen LogP contribution in [0.5, 0.6) is 11.5 Å². The average molecular weight is 445 g/mol. The van der Waals surface area contributed by atoms with Gasteiger partial charge in [0.2, 0.25) is 0 Å². The van der Waals surface area contributed by atoms with Crippen molar-refractivity contribution in [3.63, 3.8) is 0 Å². The van der Waals surface area contributed by atoms with Gasteiger partial charge in [0.05, 0.1) is 7.11 Å². The molecule has 0 radical (unpaired) electrons. The number of rotatable bonds is 7. The number of carbonyl (C=O) groups is 2. The number of carboxylic acid groups (broad SMARTS) is 1. The fourth-order valence-corrected chi connectivity index (χ4v) is 2.72. The number of aliphatic carboxylic acids is 1. The summed E-state index contributed by atoms with van der Waals surface area (Å²) in [6, 6.07) is 12.2. The van der Waals surface area contributed by atoms with Gasteiger partial charge in [-0.2, -0.15) is 5.26 Å². The lowest BCUT2D eigenvalue weighted by Crippen LogP contribution is -2.14. The summed E-state index contributed by atoms with van der Waals surface area (Å²) in [6.45, 7) is 1.32. The minimum atomic E-state index is -1.12. The number of para-hydroxylation sites is 1. The van der Waals surface area contributed by atoms with Crippen molar-refractivity contribution in [3.8, 4) is 17.6 Å². The monoisotopic (exact) mass is 444 g/mol. The molecule has 28 heavy (non-hydrogen) atoms. The van der Waals surface area contributed by atoms with E-state index in [0.29, 0.717) is 15.7 Å². The quantitative estimate of drug-likeness (QED) is 0.496. The highest BCUT2D eigenvalue weighted by atomic mass is 79.9. The van der Waals surface area contributed by atoms with Crippen molar-refractivity contribution in [1.82, 2.24) is 0 Å². The third-order valence-electron chi connectivity index (χ3n) is 3.69. The number of halogens is 1. The standard InChI is InChI=1S/C20H17BrN2O5/c1-12-5-3-4-6-16(12)23-20(26)14(10-22)7-13-8-17(27-2)18(9-15(13)21)28-11-19(24)25/h3-9H,11H2,1-2H3,(H,23,26)(H,24,25)/b14-7-. The van der Waals surface area contributed by atoms with Gasteiger partial charge in [0, 0.05) is 10.2 Å². The number of carboxylic acids is 1. The van der Waals surface area contributed by atoms with Crippen LogP contribution in [0.15, 0.2) is 46.4 Å². The summed E-state index contributed by atoms with van der Waals surface area (Å²) in [7, 11) is 1.40. The summed E-state index contributed by atoms with van der Waals surface area (Å²) in [6.07, 6.45) is 1.40. The van der Waals surface area contributed by atoms with E-state index in [1.807, 2.05) is 25.1 Å². The van der Waals surface area contributed by atoms with Crippen molar-refractivity contribution < 1.29 is 24.2 Å². The van der Waals surface area contributed by atoms with Gasteiger partial charge in [-0.15, -0.1) is 0 Å². The molecule has 2 aromatic carbocycles. The van der Waals surface area contributed by atoms with E-state index in [1.54, 1.807) is 18.2 Å². The number of hydrogen-bond donors (Lipinski definition) is 2. The Morgan fingerprint density at radius 3 is 2.61 bits per heavy atom. The van der Waals surface area contributed by atoms with Crippen LogP contribution in [-0.4, -0.2) is 30.7 Å². The van der Waals surface area contributed by atoms with Crippen LogP contribution in [0.2, 0.25) is 0 Å². The summed E-state index contributed by atoms with van der Waals surface area (Å²) in [5.41, 5.74) is 1.87. The molecule has 0 fully saturated rings. The second-order valence-electron chi connectivity index (χ2n) is 5.65. The van der Waals surface area contributed by atoms with Gasteiger partial charge in [0.25, 0.3) is 5.91 Å². The van der Waals surface area contributed by atoms with Crippen molar-refractivity contribution in [2.24, 2.45) is 0 Å². The van der Waals surface area contributed by atoms with Gasteiger partial charge in [-0.25, -0.2) is 4.79 Å². The summed E-state index contributed by atoms with van der Waals surface area (Å²) in [5.74, 6) is -1.18. The number of anilines is 1. The number of amides is 1. The van der Waals surface area contributed by atoms with Crippen LogP contribution in [0.4, 0.5) is 5.69 Å². The molecule has 0 aromatic heterocycles. The molecule has 8 heteroatoms. The first-order chi connectivity index (χ1) is 13.3. The SMILES string of the molecule is COc1cc(/C=C(/C#N)C(=O)Nc2ccccc2C)c(Br)cc1OCC(=O)O. The minimum Gasteiger partial charge on any atom is -0.493 e. The van der Waals surface area contributed by atoms with Crippen molar-refractivity contribution in [2.75, 3.05) is 19.0 Å². The van der Waals surface area contributed by atoms with Gasteiger partial charge in [-0.05, 0) is 42.3 Å². The molecule has 0 saturated carbocycles. The Kier molecular flexibility index (Phi) is 7.18. The molecular formula is C20H17BrN2O5. The van der Waals surface area contributed by atoms with Gasteiger partial charge in [-0.1, -0.05) is 34.1 Å². The second-order valence-corrected chi connectivity index (χ2v) is 6.50. The number of benzene rings is 2. The van der Waals surface area contributed by atoms with Crippen LogP contribution in [0.3, 0.4) is 0 Å². The molecule has 0 aliphatic carbocycles. The smallest absolute Gasteiger partial charge is 0.341 e. The maximum absolute atomic E-state index is 12.5. The van der Waals surface area contributed by atoms with E-state index in [9.17, 15) is 14.9 Å². The number of aryl methyl sites for hydroxylation is 1. The molecule has 0 unspecified atom stereocenters. The topological polar surface area (TPSA) is 109 Å². The van der Waals surface area contributed by atoms with Crippen molar-refractivity contribution in [2.45, 2.75) is 6.92 Å². The molecule has 7 nitrogen and oxygen atoms in total. The molecule has 144 valence electrons. The van der Waals surface area contributed by atoms with Crippen LogP contribution in [0, 0.1) is 18.3 Å². The molecular weight excluding hydrogens is 428 g/mol. The van der Waals surface area contributed by atoms with Crippen LogP contribution in [0.1, 0.15) is 11.1 Å². The number of nitriles is 1. The highest BCUT2D eigenvalue weighted by Gasteiger charge is 2.15. The highest BCUT2D eigenvalue weighted by molar-refractivity contribution is 9.10. The van der Waals surface area contributed by atoms with Crippen molar-refractivity contribution in [3.05, 3.63) is 57.6 Å². The normalized spacial score (nSPS) is 10.7. The number of methoxy groups -OCH3 is 1. The second kappa shape index (κ2) is 9.58. The fourth-order valence-electron chi connectivity index (χ4n) is 2.28. The van der Waals surface area contributed by atoms with Crippen LogP contribution in [0.25, 0.3) is 6.08 Å². The first kappa shape index (κ1) is 21.0. The summed E-state index contributed by atoms with van der Waals surface area (Å²) < 4.78 is 10.9. The zero-order chi connectivity index (χ0) is 20.7. The minimum absolute atomic E-state index is 0.106. The summed E-state index contributed by atoms with van der Waals surface area (Å²) >= 11 is 3.33. The first-order valence-corrected chi connectivity index (χ1v) is 8.86. The molecule has 0 heterocycles. The number of ether oxygens (including phenoxy) is 2. The predicted octanol–water partition coefficient (Wildman–Crippen LogP) is 3.78. The van der Waals surface area contributed by atoms with Crippen LogP contribution in [-0.2, 0) is 9.59 Å². The van der Waals surface area contributed by atoms with Crippen LogP contribution < -0.4 is 14.8 Å². The molecule has 2 aromatic rings. The molecule has 2 N–H and O–H groups in total. The lowest BCUT2D eigenvalue weighted by atomic mass is 10.1. The van der Waals surface area contributed by atoms with Gasteiger partial charge >= 0.3 is 5.97 Å². The van der Waals surface area contributed by atoms with E-state index < -0.39 is 18.5 Å². The Morgan fingerprint density at radius 2 is 2.00 bits per heavy atom. The third kappa shape index (κ3) is 5.34. The van der Waals surface area contributed by atoms with E-state index in [-0.39, 0.29) is 17.1 Å². The Bertz CT molecular complexity index is 979. The Hall–Kier alpha value is -3.31. The van der Waals surface area contributed by atoms with Gasteiger partial charge in [0.15, 0.2) is 18.1 Å². The molecule has 0 aliphatic heterocycles. The third-order valence-corrected chi connectivity index (χ3v) is 4.38. The molecule has 2 rings (SSSR count). The Morgan fingerprint density at radius 1 is 1.29 bits per heavy atom. The van der Waals surface area contributed by atoms with Gasteiger partial charge in [-0.3, -0.25) is 4.79 Å². The van der Waals surface area contributed by atoms with E-state index in [2.05, 4.69) is 21.2 Å². The molecule has 0 saturated heterocycles. The lowest BCUT2D eigenvalue weighted by molar-refractivity contribution is -0.139. The summed E-state index contributed by atoms with van der Waals surface area (Å²) in [5, 5.41) is 20.9. The maximum Gasteiger partial charge on any atom is 0.341 e. The number of carbonyl (C=O) groups excluding carboxylic acids is 1. The molecule has 1 amide bonds. The maximum atomic E-state index is 12.5.